The Kier molecular flexibility index (Phi) is 6.82. The lowest BCUT2D eigenvalue weighted by Gasteiger charge is -2.35. The van der Waals surface area contributed by atoms with Gasteiger partial charge in [0.25, 0.3) is 0 Å². The molecule has 1 saturated carbocycles. The molecule has 1 atom stereocenters. The molecular weight excluding hydrogens is 500 g/mol. The maximum Gasteiger partial charge on any atom is 0.355 e. The summed E-state index contributed by atoms with van der Waals surface area (Å²) in [5.74, 6) is 2.08. The van der Waals surface area contributed by atoms with Crippen molar-refractivity contribution in [1.29, 1.82) is 0 Å². The number of pyridine rings is 2. The van der Waals surface area contributed by atoms with Gasteiger partial charge in [0, 0.05) is 37.4 Å². The van der Waals surface area contributed by atoms with Gasteiger partial charge in [-0.25, -0.2) is 14.3 Å². The monoisotopic (exact) mass is 538 g/mol. The first-order valence-electron chi connectivity index (χ1n) is 14.3. The molecule has 4 heterocycles. The van der Waals surface area contributed by atoms with Crippen LogP contribution in [0.25, 0.3) is 28.0 Å². The normalized spacial score (nSPS) is 17.6. The minimum Gasteiger partial charge on any atom is -0.496 e. The third-order valence-corrected chi connectivity index (χ3v) is 8.26. The molecule has 3 aromatic heterocycles. The standard InChI is InChI=1S/C32H38N6O2/c1-18(2)26-28(19(3)12-13-34-26)38-31-25(30(36-32(38)39)37-15-14-33-17-21(37)5)16-24(22-10-11-22)27(35-31)23-9-7-8-20(4)29(23)40-6/h7-9,12-13,16,18,21-22,33H,10-11,14-15,17H2,1-6H3/t21-/m0/s1. The largest absolute Gasteiger partial charge is 0.496 e. The quantitative estimate of drug-likeness (QED) is 0.358. The van der Waals surface area contributed by atoms with Gasteiger partial charge in [0.05, 0.1) is 29.6 Å². The van der Waals surface area contributed by atoms with Gasteiger partial charge in [0.2, 0.25) is 0 Å². The molecule has 2 aliphatic rings. The number of aryl methyl sites for hydroxylation is 2. The Morgan fingerprint density at radius 1 is 1.10 bits per heavy atom. The fourth-order valence-corrected chi connectivity index (χ4v) is 6.04. The molecule has 0 unspecified atom stereocenters. The van der Waals surface area contributed by atoms with Gasteiger partial charge in [0.1, 0.15) is 11.6 Å². The third-order valence-electron chi connectivity index (χ3n) is 8.26. The van der Waals surface area contributed by atoms with Crippen LogP contribution < -0.4 is 20.6 Å². The van der Waals surface area contributed by atoms with Crippen LogP contribution in [0.5, 0.6) is 5.75 Å². The van der Waals surface area contributed by atoms with E-state index in [4.69, 9.17) is 19.7 Å². The van der Waals surface area contributed by atoms with Gasteiger partial charge in [-0.05, 0) is 80.3 Å². The Labute approximate surface area is 235 Å². The maximum absolute atomic E-state index is 14.1. The molecule has 1 aromatic carbocycles. The van der Waals surface area contributed by atoms with Gasteiger partial charge in [0.15, 0.2) is 5.65 Å². The Morgan fingerprint density at radius 2 is 1.90 bits per heavy atom. The van der Waals surface area contributed by atoms with Gasteiger partial charge in [-0.15, -0.1) is 0 Å². The number of ether oxygens (including phenoxy) is 1. The highest BCUT2D eigenvalue weighted by molar-refractivity contribution is 5.92. The number of methoxy groups -OCH3 is 1. The molecule has 208 valence electrons. The molecule has 8 heteroatoms. The Morgan fingerprint density at radius 3 is 2.60 bits per heavy atom. The summed E-state index contributed by atoms with van der Waals surface area (Å²) >= 11 is 0. The minimum atomic E-state index is -0.333. The van der Waals surface area contributed by atoms with E-state index in [1.165, 1.54) is 5.56 Å². The predicted octanol–water partition coefficient (Wildman–Crippen LogP) is 5.27. The first-order chi connectivity index (χ1) is 19.3. The van der Waals surface area contributed by atoms with Crippen LogP contribution in [0.4, 0.5) is 5.82 Å². The summed E-state index contributed by atoms with van der Waals surface area (Å²) in [6.45, 7) is 12.9. The van der Waals surface area contributed by atoms with E-state index in [1.54, 1.807) is 11.7 Å². The minimum absolute atomic E-state index is 0.117. The second-order valence-corrected chi connectivity index (χ2v) is 11.5. The van der Waals surface area contributed by atoms with Crippen molar-refractivity contribution < 1.29 is 4.74 Å². The molecule has 0 radical (unpaired) electrons. The topological polar surface area (TPSA) is 85.2 Å². The molecule has 0 spiro atoms. The van der Waals surface area contributed by atoms with E-state index in [9.17, 15) is 4.79 Å². The Bertz CT molecular complexity index is 1660. The first kappa shape index (κ1) is 26.4. The highest BCUT2D eigenvalue weighted by atomic mass is 16.5. The van der Waals surface area contributed by atoms with Crippen molar-refractivity contribution in [2.75, 3.05) is 31.6 Å². The number of rotatable bonds is 6. The smallest absolute Gasteiger partial charge is 0.355 e. The molecule has 2 fully saturated rings. The molecule has 1 aliphatic carbocycles. The van der Waals surface area contributed by atoms with Crippen molar-refractivity contribution in [3.63, 3.8) is 0 Å². The first-order valence-corrected chi connectivity index (χ1v) is 14.3. The second kappa shape index (κ2) is 10.3. The number of hydrogen-bond donors (Lipinski definition) is 1. The molecule has 4 aromatic rings. The molecule has 1 N–H and O–H groups in total. The number of aromatic nitrogens is 4. The van der Waals surface area contributed by atoms with Gasteiger partial charge in [-0.1, -0.05) is 26.0 Å². The fraction of sp³-hybridized carbons (Fsp3) is 0.438. The fourth-order valence-electron chi connectivity index (χ4n) is 6.04. The van der Waals surface area contributed by atoms with Gasteiger partial charge in [-0.2, -0.15) is 4.98 Å². The lowest BCUT2D eigenvalue weighted by atomic mass is 9.98. The zero-order valence-corrected chi connectivity index (χ0v) is 24.3. The van der Waals surface area contributed by atoms with E-state index in [2.05, 4.69) is 56.1 Å². The van der Waals surface area contributed by atoms with Gasteiger partial charge >= 0.3 is 5.69 Å². The van der Waals surface area contributed by atoms with Crippen LogP contribution in [0, 0.1) is 13.8 Å². The lowest BCUT2D eigenvalue weighted by Crippen LogP contribution is -2.50. The van der Waals surface area contributed by atoms with Crippen molar-refractivity contribution in [3.05, 3.63) is 69.4 Å². The average Bonchev–Trinajstić information content (AvgIpc) is 3.78. The zero-order valence-electron chi connectivity index (χ0n) is 24.3. The van der Waals surface area contributed by atoms with Crippen LogP contribution >= 0.6 is 0 Å². The summed E-state index contributed by atoms with van der Waals surface area (Å²) in [6.07, 6.45) is 4.06. The van der Waals surface area contributed by atoms with Crippen molar-refractivity contribution >= 4 is 16.9 Å². The average molecular weight is 539 g/mol. The van der Waals surface area contributed by atoms with Crippen LogP contribution in [0.3, 0.4) is 0 Å². The Balaban J connectivity index is 1.75. The Hall–Kier alpha value is -3.78. The highest BCUT2D eigenvalue weighted by Crippen LogP contribution is 2.47. The predicted molar refractivity (Wildman–Crippen MR) is 160 cm³/mol. The third kappa shape index (κ3) is 4.44. The number of nitrogens with zero attached hydrogens (tertiary/aromatic N) is 5. The SMILES string of the molecule is COc1c(C)cccc1-c1nc2c(cc1C1CC1)c(N1CCNC[C@@H]1C)nc(=O)n2-c1c(C)ccnc1C(C)C. The van der Waals surface area contributed by atoms with Crippen molar-refractivity contribution in [3.8, 4) is 22.7 Å². The number of benzene rings is 1. The molecular formula is C32H38N6O2. The van der Waals surface area contributed by atoms with Crippen molar-refractivity contribution in [2.45, 2.75) is 65.3 Å². The zero-order chi connectivity index (χ0) is 28.1. The van der Waals surface area contributed by atoms with Crippen molar-refractivity contribution in [2.24, 2.45) is 0 Å². The molecule has 0 bridgehead atoms. The number of nitrogens with one attached hydrogen (secondary N) is 1. The van der Waals surface area contributed by atoms with Gasteiger partial charge in [-0.3, -0.25) is 4.98 Å². The van der Waals surface area contributed by atoms with E-state index in [0.717, 1.165) is 83.2 Å². The summed E-state index contributed by atoms with van der Waals surface area (Å²) in [7, 11) is 1.71. The van der Waals surface area contributed by atoms with E-state index in [-0.39, 0.29) is 17.6 Å². The number of anilines is 1. The number of fused-ring (bicyclic) bond motifs is 1. The summed E-state index contributed by atoms with van der Waals surface area (Å²) in [5, 5.41) is 4.37. The molecule has 0 amide bonds. The molecule has 6 rings (SSSR count). The van der Waals surface area contributed by atoms with Crippen LogP contribution in [-0.4, -0.2) is 52.3 Å². The summed E-state index contributed by atoms with van der Waals surface area (Å²) in [6, 6.07) is 10.6. The second-order valence-electron chi connectivity index (χ2n) is 11.5. The summed E-state index contributed by atoms with van der Waals surface area (Å²) < 4.78 is 7.59. The number of para-hydroxylation sites is 1. The van der Waals surface area contributed by atoms with E-state index < -0.39 is 0 Å². The number of piperazine rings is 1. The van der Waals surface area contributed by atoms with E-state index in [0.29, 0.717) is 11.6 Å². The summed E-state index contributed by atoms with van der Waals surface area (Å²) in [4.78, 5) is 31.2. The van der Waals surface area contributed by atoms with E-state index >= 15 is 0 Å². The molecule has 1 aliphatic heterocycles. The highest BCUT2D eigenvalue weighted by Gasteiger charge is 2.32. The van der Waals surface area contributed by atoms with Crippen LogP contribution in [0.1, 0.15) is 67.8 Å². The van der Waals surface area contributed by atoms with Gasteiger partial charge < -0.3 is 15.0 Å². The van der Waals surface area contributed by atoms with E-state index in [1.807, 2.05) is 25.3 Å². The number of hydrogen-bond acceptors (Lipinski definition) is 7. The molecule has 8 nitrogen and oxygen atoms in total. The van der Waals surface area contributed by atoms with Crippen molar-refractivity contribution in [1.82, 2.24) is 24.8 Å². The van der Waals surface area contributed by atoms with Crippen LogP contribution in [-0.2, 0) is 0 Å². The summed E-state index contributed by atoms with van der Waals surface area (Å²) in [5.41, 5.74) is 6.95. The van der Waals surface area contributed by atoms with Crippen LogP contribution in [0.2, 0.25) is 0 Å². The van der Waals surface area contributed by atoms with Crippen LogP contribution in [0.15, 0.2) is 41.3 Å². The molecule has 1 saturated heterocycles. The maximum atomic E-state index is 14.1. The lowest BCUT2D eigenvalue weighted by molar-refractivity contribution is 0.413. The molecule has 40 heavy (non-hydrogen) atoms.